The zero-order valence-corrected chi connectivity index (χ0v) is 12.3. The van der Waals surface area contributed by atoms with Crippen molar-refractivity contribution in [1.29, 1.82) is 0 Å². The van der Waals surface area contributed by atoms with Crippen LogP contribution in [0.4, 0.5) is 0 Å². The van der Waals surface area contributed by atoms with E-state index in [1.807, 2.05) is 0 Å². The van der Waals surface area contributed by atoms with Crippen molar-refractivity contribution in [3.05, 3.63) is 39.1 Å². The largest absolute Gasteiger partial charge is 0.545 e. The molecule has 0 atom stereocenters. The summed E-state index contributed by atoms with van der Waals surface area (Å²) in [5, 5.41) is 2.10. The summed E-state index contributed by atoms with van der Waals surface area (Å²) >= 11 is 0. The second kappa shape index (κ2) is 6.31. The van der Waals surface area contributed by atoms with Crippen LogP contribution in [0, 0.1) is 20.8 Å². The minimum atomic E-state index is -3.19. The zero-order chi connectivity index (χ0) is 13.8. The van der Waals surface area contributed by atoms with Gasteiger partial charge in [-0.2, -0.15) is 0 Å². The number of hydrogen-bond donors (Lipinski definition) is 1. The molecule has 0 aliphatic heterocycles. The van der Waals surface area contributed by atoms with Crippen LogP contribution in [0.3, 0.4) is 0 Å². The molecule has 0 aliphatic carbocycles. The fourth-order valence-corrected chi connectivity index (χ4v) is 2.53. The van der Waals surface area contributed by atoms with Gasteiger partial charge in [0.15, 0.2) is 0 Å². The Labute approximate surface area is 110 Å². The van der Waals surface area contributed by atoms with Crippen molar-refractivity contribution in [2.24, 2.45) is 0 Å². The maximum Gasteiger partial charge on any atom is 0.102 e. The van der Waals surface area contributed by atoms with Crippen LogP contribution in [-0.4, -0.2) is 27.8 Å². The van der Waals surface area contributed by atoms with Crippen LogP contribution in [0.1, 0.15) is 22.3 Å². The van der Waals surface area contributed by atoms with Crippen molar-refractivity contribution in [3.63, 3.8) is 0 Å². The number of nitrogens with two attached hydrogens (primary N) is 1. The van der Waals surface area contributed by atoms with Crippen molar-refractivity contribution in [3.8, 4) is 0 Å². The van der Waals surface area contributed by atoms with Crippen molar-refractivity contribution in [2.45, 2.75) is 27.3 Å². The first-order chi connectivity index (χ1) is 8.29. The van der Waals surface area contributed by atoms with Gasteiger partial charge in [-0.15, -0.1) is 0 Å². The molecular weight excluding hydrogens is 248 g/mol. The summed E-state index contributed by atoms with van der Waals surface area (Å²) in [5.74, 6) is 0. The zero-order valence-electron chi connectivity index (χ0n) is 11.5. The molecule has 4 nitrogen and oxygen atoms in total. The molecule has 0 unspecified atom stereocenters. The van der Waals surface area contributed by atoms with Gasteiger partial charge in [0.05, 0.1) is 16.6 Å². The first-order valence-corrected chi connectivity index (χ1v) is 7.91. The van der Waals surface area contributed by atoms with E-state index in [4.69, 9.17) is 0 Å². The molecule has 18 heavy (non-hydrogen) atoms. The van der Waals surface area contributed by atoms with Gasteiger partial charge >= 0.3 is 0 Å². The quantitative estimate of drug-likeness (QED) is 0.784. The third-order valence-electron chi connectivity index (χ3n) is 2.85. The van der Waals surface area contributed by atoms with Crippen LogP contribution < -0.4 is 5.32 Å². The lowest BCUT2D eigenvalue weighted by Gasteiger charge is -2.15. The number of benzene rings is 1. The standard InChI is InChI=1S/C13H21N2O2S/c1-10-7-11(2)13(12(3)8-10)9-14-5-6-15-18(4,16)17/h7-8,14H,5-6,9H2,1-4H3/q-1/p+1. The van der Waals surface area contributed by atoms with Crippen LogP contribution in [0.5, 0.6) is 0 Å². The van der Waals surface area contributed by atoms with E-state index in [-0.39, 0.29) is 0 Å². The average Bonchev–Trinajstić information content (AvgIpc) is 2.19. The number of rotatable bonds is 6. The maximum atomic E-state index is 10.8. The van der Waals surface area contributed by atoms with E-state index in [1.54, 1.807) is 0 Å². The van der Waals surface area contributed by atoms with E-state index in [0.717, 1.165) is 12.8 Å². The smallest absolute Gasteiger partial charge is 0.102 e. The van der Waals surface area contributed by atoms with Crippen LogP contribution in [0.25, 0.3) is 4.72 Å². The molecule has 0 amide bonds. The Balaban J connectivity index is 2.45. The Morgan fingerprint density at radius 2 is 1.72 bits per heavy atom. The average molecular weight is 270 g/mol. The van der Waals surface area contributed by atoms with Gasteiger partial charge in [0, 0.05) is 11.8 Å². The van der Waals surface area contributed by atoms with Crippen LogP contribution in [0.15, 0.2) is 12.1 Å². The summed E-state index contributed by atoms with van der Waals surface area (Å²) in [6, 6.07) is 4.36. The summed E-state index contributed by atoms with van der Waals surface area (Å²) in [4.78, 5) is 0. The predicted octanol–water partition coefficient (Wildman–Crippen LogP) is 1.01. The number of nitrogens with zero attached hydrogens (tertiary/aromatic N) is 1. The van der Waals surface area contributed by atoms with Gasteiger partial charge in [-0.3, -0.25) is 0 Å². The van der Waals surface area contributed by atoms with Gasteiger partial charge in [-0.25, -0.2) is 8.42 Å². The molecule has 0 heterocycles. The fraction of sp³-hybridized carbons (Fsp3) is 0.538. The highest BCUT2D eigenvalue weighted by Crippen LogP contribution is 2.14. The summed E-state index contributed by atoms with van der Waals surface area (Å²) < 4.78 is 25.2. The summed E-state index contributed by atoms with van der Waals surface area (Å²) in [5.41, 5.74) is 5.20. The van der Waals surface area contributed by atoms with E-state index in [9.17, 15) is 8.42 Å². The van der Waals surface area contributed by atoms with E-state index in [1.165, 1.54) is 22.3 Å². The summed E-state index contributed by atoms with van der Waals surface area (Å²) in [7, 11) is -3.19. The number of aryl methyl sites for hydroxylation is 3. The molecule has 1 rings (SSSR count). The Hall–Kier alpha value is -0.910. The fourth-order valence-electron chi connectivity index (χ4n) is 2.09. The van der Waals surface area contributed by atoms with Crippen molar-refractivity contribution < 1.29 is 13.7 Å². The third kappa shape index (κ3) is 5.16. The number of hydrogen-bond acceptors (Lipinski definition) is 2. The molecule has 0 saturated carbocycles. The molecule has 0 aliphatic rings. The highest BCUT2D eigenvalue weighted by atomic mass is 32.2. The molecule has 5 heteroatoms. The maximum absolute atomic E-state index is 10.8. The Morgan fingerprint density at radius 3 is 2.22 bits per heavy atom. The highest BCUT2D eigenvalue weighted by Gasteiger charge is 2.04. The van der Waals surface area contributed by atoms with Gasteiger partial charge in [0.25, 0.3) is 0 Å². The Bertz CT molecular complexity index is 487. The van der Waals surface area contributed by atoms with Crippen LogP contribution in [-0.2, 0) is 16.6 Å². The highest BCUT2D eigenvalue weighted by molar-refractivity contribution is 7.93. The second-order valence-corrected chi connectivity index (χ2v) is 6.47. The molecule has 0 bridgehead atoms. The molecule has 2 N–H and O–H groups in total. The lowest BCUT2D eigenvalue weighted by molar-refractivity contribution is -0.667. The SMILES string of the molecule is Cc1cc(C)c(C[NH2+]CC[N-]S(C)(=O)=O)c(C)c1. The third-order valence-corrected chi connectivity index (χ3v) is 3.50. The lowest BCUT2D eigenvalue weighted by Crippen LogP contribution is -2.83. The van der Waals surface area contributed by atoms with Gasteiger partial charge in [0.1, 0.15) is 6.54 Å². The van der Waals surface area contributed by atoms with Gasteiger partial charge in [0.2, 0.25) is 0 Å². The van der Waals surface area contributed by atoms with E-state index >= 15 is 0 Å². The Kier molecular flexibility index (Phi) is 5.31. The minimum absolute atomic E-state index is 0.350. The molecule has 0 saturated heterocycles. The summed E-state index contributed by atoms with van der Waals surface area (Å²) in [6.07, 6.45) is 1.13. The molecular formula is C13H22N2O2S. The van der Waals surface area contributed by atoms with Crippen LogP contribution in [0.2, 0.25) is 0 Å². The van der Waals surface area contributed by atoms with Gasteiger partial charge in [-0.05, 0) is 31.9 Å². The van der Waals surface area contributed by atoms with Gasteiger partial charge in [-0.1, -0.05) is 24.2 Å². The van der Waals surface area contributed by atoms with E-state index < -0.39 is 10.0 Å². The van der Waals surface area contributed by atoms with E-state index in [0.29, 0.717) is 13.1 Å². The van der Waals surface area contributed by atoms with Crippen molar-refractivity contribution in [2.75, 3.05) is 19.3 Å². The van der Waals surface area contributed by atoms with Crippen molar-refractivity contribution in [1.82, 2.24) is 0 Å². The minimum Gasteiger partial charge on any atom is -0.545 e. The topological polar surface area (TPSA) is 64.8 Å². The van der Waals surface area contributed by atoms with Gasteiger partial charge < -0.3 is 10.0 Å². The van der Waals surface area contributed by atoms with Crippen LogP contribution >= 0.6 is 0 Å². The summed E-state index contributed by atoms with van der Waals surface area (Å²) in [6.45, 7) is 8.24. The first-order valence-electron chi connectivity index (χ1n) is 6.07. The molecule has 0 fully saturated rings. The first kappa shape index (κ1) is 15.1. The van der Waals surface area contributed by atoms with Crippen molar-refractivity contribution >= 4 is 10.0 Å². The molecule has 1 aromatic rings. The molecule has 1 aromatic carbocycles. The Morgan fingerprint density at radius 1 is 1.17 bits per heavy atom. The molecule has 0 radical (unpaired) electrons. The molecule has 0 spiro atoms. The predicted molar refractivity (Wildman–Crippen MR) is 74.2 cm³/mol. The second-order valence-electron chi connectivity index (χ2n) is 4.74. The number of sulfonamides is 1. The monoisotopic (exact) mass is 270 g/mol. The molecule has 102 valence electrons. The number of quaternary nitrogens is 1. The normalized spacial score (nSPS) is 11.8. The lowest BCUT2D eigenvalue weighted by atomic mass is 10.00. The van der Waals surface area contributed by atoms with E-state index in [2.05, 4.69) is 42.9 Å². The molecule has 0 aromatic heterocycles.